The molecule has 1 N–H and O–H groups in total. The highest BCUT2D eigenvalue weighted by molar-refractivity contribution is 8.15. The van der Waals surface area contributed by atoms with E-state index < -0.39 is 16.1 Å². The number of hydrogen-bond acceptors (Lipinski definition) is 8. The molecule has 0 aliphatic carbocycles. The van der Waals surface area contributed by atoms with E-state index in [9.17, 15) is 19.7 Å². The van der Waals surface area contributed by atoms with E-state index in [1.54, 1.807) is 42.3 Å². The number of methoxy groups -OCH3 is 1. The number of rotatable bonds is 8. The highest BCUT2D eigenvalue weighted by atomic mass is 32.2. The summed E-state index contributed by atoms with van der Waals surface area (Å²) in [6.45, 7) is 1.05. The second-order valence-electron chi connectivity index (χ2n) is 7.84. The van der Waals surface area contributed by atoms with E-state index >= 15 is 0 Å². The van der Waals surface area contributed by atoms with Crippen LogP contribution in [0.4, 0.5) is 17.1 Å². The van der Waals surface area contributed by atoms with Crippen molar-refractivity contribution in [3.63, 3.8) is 0 Å². The lowest BCUT2D eigenvalue weighted by Gasteiger charge is -2.20. The topological polar surface area (TPSA) is 123 Å². The van der Waals surface area contributed by atoms with E-state index in [1.165, 1.54) is 30.0 Å². The molecule has 34 heavy (non-hydrogen) atoms. The van der Waals surface area contributed by atoms with Gasteiger partial charge in [-0.05, 0) is 43.2 Å². The molecule has 2 aromatic rings. The summed E-state index contributed by atoms with van der Waals surface area (Å²) in [5, 5.41) is 13.5. The molecule has 2 aromatic carbocycles. The number of nitrogens with zero attached hydrogens (tertiary/aromatic N) is 3. The van der Waals surface area contributed by atoms with Crippen LogP contribution in [0.25, 0.3) is 0 Å². The predicted octanol–water partition coefficient (Wildman–Crippen LogP) is 3.74. The minimum atomic E-state index is -0.655. The molecule has 0 spiro atoms. The fourth-order valence-electron chi connectivity index (χ4n) is 3.73. The summed E-state index contributed by atoms with van der Waals surface area (Å²) < 4.78 is 10.9. The third-order valence-electron chi connectivity index (χ3n) is 5.44. The summed E-state index contributed by atoms with van der Waals surface area (Å²) in [5.74, 6) is 0.0853. The lowest BCUT2D eigenvalue weighted by Crippen LogP contribution is -2.38. The molecule has 2 saturated heterocycles. The van der Waals surface area contributed by atoms with Crippen molar-refractivity contribution in [1.82, 2.24) is 4.90 Å². The first-order valence-corrected chi connectivity index (χ1v) is 11.7. The maximum Gasteiger partial charge on any atom is 0.271 e. The number of ether oxygens (including phenoxy) is 2. The van der Waals surface area contributed by atoms with Gasteiger partial charge in [0.2, 0.25) is 11.8 Å². The highest BCUT2D eigenvalue weighted by Crippen LogP contribution is 2.33. The van der Waals surface area contributed by atoms with Gasteiger partial charge in [0.25, 0.3) is 5.69 Å². The van der Waals surface area contributed by atoms with E-state index in [1.807, 2.05) is 0 Å². The Morgan fingerprint density at radius 2 is 2.12 bits per heavy atom. The molecular weight excluding hydrogens is 460 g/mol. The molecule has 2 atom stereocenters. The van der Waals surface area contributed by atoms with Crippen molar-refractivity contribution >= 4 is 45.8 Å². The van der Waals surface area contributed by atoms with Crippen LogP contribution >= 0.6 is 11.8 Å². The number of carbonyl (C=O) groups excluding carboxylic acids is 2. The number of benzene rings is 2. The normalized spacial score (nSPS) is 21.1. The Morgan fingerprint density at radius 1 is 1.32 bits per heavy atom. The molecule has 2 unspecified atom stereocenters. The third kappa shape index (κ3) is 5.72. The van der Waals surface area contributed by atoms with Gasteiger partial charge in [-0.25, -0.2) is 4.99 Å². The number of nitro groups is 1. The van der Waals surface area contributed by atoms with E-state index in [2.05, 4.69) is 10.3 Å². The smallest absolute Gasteiger partial charge is 0.271 e. The summed E-state index contributed by atoms with van der Waals surface area (Å²) in [4.78, 5) is 42.5. The molecule has 2 aliphatic rings. The summed E-state index contributed by atoms with van der Waals surface area (Å²) in [6, 6.07) is 12.8. The highest BCUT2D eigenvalue weighted by Gasteiger charge is 2.40. The number of hydrogen-bond donors (Lipinski definition) is 1. The van der Waals surface area contributed by atoms with Crippen molar-refractivity contribution < 1.29 is 24.0 Å². The Morgan fingerprint density at radius 3 is 2.79 bits per heavy atom. The van der Waals surface area contributed by atoms with Crippen molar-refractivity contribution in [3.8, 4) is 5.75 Å². The minimum Gasteiger partial charge on any atom is -0.497 e. The molecule has 0 saturated carbocycles. The van der Waals surface area contributed by atoms with Gasteiger partial charge in [-0.1, -0.05) is 17.8 Å². The van der Waals surface area contributed by atoms with Gasteiger partial charge >= 0.3 is 0 Å². The van der Waals surface area contributed by atoms with Gasteiger partial charge in [0.15, 0.2) is 5.17 Å². The summed E-state index contributed by atoms with van der Waals surface area (Å²) >= 11 is 1.23. The van der Waals surface area contributed by atoms with Gasteiger partial charge in [0, 0.05) is 30.8 Å². The van der Waals surface area contributed by atoms with Crippen molar-refractivity contribution in [3.05, 3.63) is 58.6 Å². The zero-order valence-corrected chi connectivity index (χ0v) is 19.3. The lowest BCUT2D eigenvalue weighted by atomic mass is 10.2. The molecule has 2 fully saturated rings. The first-order valence-electron chi connectivity index (χ1n) is 10.8. The van der Waals surface area contributed by atoms with Crippen molar-refractivity contribution in [1.29, 1.82) is 0 Å². The van der Waals surface area contributed by atoms with Crippen molar-refractivity contribution in [2.24, 2.45) is 4.99 Å². The molecule has 0 radical (unpaired) electrons. The summed E-state index contributed by atoms with van der Waals surface area (Å²) in [6.07, 6.45) is 1.65. The van der Waals surface area contributed by atoms with E-state index in [0.29, 0.717) is 35.4 Å². The molecule has 0 aromatic heterocycles. The number of anilines is 1. The number of carbonyl (C=O) groups is 2. The Bertz CT molecular complexity index is 1100. The van der Waals surface area contributed by atoms with Crippen LogP contribution in [0.3, 0.4) is 0 Å². The number of thioether (sulfide) groups is 1. The van der Waals surface area contributed by atoms with Gasteiger partial charge in [-0.15, -0.1) is 0 Å². The van der Waals surface area contributed by atoms with Crippen LogP contribution in [0.1, 0.15) is 19.3 Å². The maximum absolute atomic E-state index is 13.2. The van der Waals surface area contributed by atoms with E-state index in [4.69, 9.17) is 9.47 Å². The monoisotopic (exact) mass is 484 g/mol. The SMILES string of the molecule is COc1ccc(N=C2SC(CC(=O)Nc3cccc([N+](=O)[O-])c3)C(=O)N2CC2CCCO2)cc1. The first kappa shape index (κ1) is 23.7. The van der Waals surface area contributed by atoms with Crippen LogP contribution in [0.2, 0.25) is 0 Å². The van der Waals surface area contributed by atoms with Crippen LogP contribution in [0, 0.1) is 10.1 Å². The molecule has 11 heteroatoms. The second kappa shape index (κ2) is 10.7. The van der Waals surface area contributed by atoms with Crippen LogP contribution in [-0.4, -0.2) is 58.4 Å². The van der Waals surface area contributed by atoms with Crippen LogP contribution in [-0.2, 0) is 14.3 Å². The standard InChI is InChI=1S/C23H24N4O6S/c1-32-18-9-7-15(8-10-18)25-23-26(14-19-6-3-11-33-19)22(29)20(34-23)13-21(28)24-16-4-2-5-17(12-16)27(30)31/h2,4-5,7-10,12,19-20H,3,6,11,13-14H2,1H3,(H,24,28). The minimum absolute atomic E-state index is 0.0666. The van der Waals surface area contributed by atoms with Crippen LogP contribution < -0.4 is 10.1 Å². The lowest BCUT2D eigenvalue weighted by molar-refractivity contribution is -0.384. The number of amidine groups is 1. The number of nitro benzene ring substituents is 1. The quantitative estimate of drug-likeness (QED) is 0.447. The van der Waals surface area contributed by atoms with Gasteiger partial charge in [-0.2, -0.15) is 0 Å². The third-order valence-corrected chi connectivity index (χ3v) is 6.61. The number of aliphatic imine (C=N–C) groups is 1. The molecular formula is C23H24N4O6S. The van der Waals surface area contributed by atoms with Gasteiger partial charge in [-0.3, -0.25) is 24.6 Å². The summed E-state index contributed by atoms with van der Waals surface area (Å²) in [5.41, 5.74) is 0.842. The molecule has 2 heterocycles. The zero-order valence-electron chi connectivity index (χ0n) is 18.5. The Kier molecular flexibility index (Phi) is 7.43. The Hall–Kier alpha value is -3.44. The van der Waals surface area contributed by atoms with Gasteiger partial charge in [0.05, 0.1) is 30.4 Å². The molecule has 10 nitrogen and oxygen atoms in total. The average molecular weight is 485 g/mol. The maximum atomic E-state index is 13.2. The molecule has 0 bridgehead atoms. The van der Waals surface area contributed by atoms with Crippen LogP contribution in [0.5, 0.6) is 5.75 Å². The van der Waals surface area contributed by atoms with E-state index in [-0.39, 0.29) is 24.1 Å². The fraction of sp³-hybridized carbons (Fsp3) is 0.348. The molecule has 4 rings (SSSR count). The Labute approximate surface area is 200 Å². The number of amides is 2. The van der Waals surface area contributed by atoms with E-state index in [0.717, 1.165) is 12.8 Å². The fourth-order valence-corrected chi connectivity index (χ4v) is 4.90. The molecule has 2 amide bonds. The second-order valence-corrected chi connectivity index (χ2v) is 9.01. The number of nitrogens with one attached hydrogen (secondary N) is 1. The Balaban J connectivity index is 1.49. The average Bonchev–Trinajstić information content (AvgIpc) is 3.44. The molecule has 178 valence electrons. The predicted molar refractivity (Wildman–Crippen MR) is 128 cm³/mol. The largest absolute Gasteiger partial charge is 0.497 e. The first-order chi connectivity index (χ1) is 16.4. The zero-order chi connectivity index (χ0) is 24.1. The van der Waals surface area contributed by atoms with Crippen LogP contribution in [0.15, 0.2) is 53.5 Å². The van der Waals surface area contributed by atoms with Crippen molar-refractivity contribution in [2.45, 2.75) is 30.6 Å². The van der Waals surface area contributed by atoms with Gasteiger partial charge < -0.3 is 14.8 Å². The van der Waals surface area contributed by atoms with Gasteiger partial charge in [0.1, 0.15) is 11.0 Å². The summed E-state index contributed by atoms with van der Waals surface area (Å²) in [7, 11) is 1.58. The van der Waals surface area contributed by atoms with Crippen molar-refractivity contribution in [2.75, 3.05) is 25.6 Å². The number of non-ortho nitro benzene ring substituents is 1. The molecule has 2 aliphatic heterocycles.